The lowest BCUT2D eigenvalue weighted by Gasteiger charge is -2.33. The average Bonchev–Trinajstić information content (AvgIpc) is 3.09. The standard InChI is InChI=1S/C20H27N3O4/c1-2-27-20(26)21-16-5-3-11-22(14-16)19(25)13-15-7-9-17(10-8-15)23-12-4-6-18(23)24/h7-10,16H,2-6,11-14H2,1H3,(H,21,26)/t16-/m1/s1. The number of ether oxygens (including phenoxy) is 1. The normalized spacial score (nSPS) is 19.9. The van der Waals surface area contributed by atoms with Crippen LogP contribution in [0.15, 0.2) is 24.3 Å². The zero-order chi connectivity index (χ0) is 19.2. The van der Waals surface area contributed by atoms with E-state index >= 15 is 0 Å². The fourth-order valence-electron chi connectivity index (χ4n) is 3.66. The lowest BCUT2D eigenvalue weighted by atomic mass is 10.0. The van der Waals surface area contributed by atoms with E-state index in [-0.39, 0.29) is 17.9 Å². The molecule has 1 aromatic rings. The number of hydrogen-bond acceptors (Lipinski definition) is 4. The maximum Gasteiger partial charge on any atom is 0.407 e. The van der Waals surface area contributed by atoms with E-state index in [0.29, 0.717) is 32.5 Å². The number of piperidine rings is 1. The molecule has 146 valence electrons. The maximum atomic E-state index is 12.6. The number of amides is 3. The van der Waals surface area contributed by atoms with Crippen molar-refractivity contribution in [2.45, 2.75) is 45.1 Å². The van der Waals surface area contributed by atoms with Gasteiger partial charge >= 0.3 is 6.09 Å². The van der Waals surface area contributed by atoms with Gasteiger partial charge in [0.15, 0.2) is 0 Å². The molecule has 1 aromatic carbocycles. The third-order valence-electron chi connectivity index (χ3n) is 5.05. The monoisotopic (exact) mass is 373 g/mol. The number of carbonyl (C=O) groups is 3. The van der Waals surface area contributed by atoms with Crippen molar-refractivity contribution in [3.8, 4) is 0 Å². The van der Waals surface area contributed by atoms with Crippen LogP contribution in [0.2, 0.25) is 0 Å². The molecule has 1 N–H and O–H groups in total. The van der Waals surface area contributed by atoms with Crippen LogP contribution in [0, 0.1) is 0 Å². The molecular weight excluding hydrogens is 346 g/mol. The van der Waals surface area contributed by atoms with Gasteiger partial charge < -0.3 is 19.9 Å². The van der Waals surface area contributed by atoms with Crippen molar-refractivity contribution in [3.63, 3.8) is 0 Å². The van der Waals surface area contributed by atoms with Gasteiger partial charge in [-0.2, -0.15) is 0 Å². The minimum atomic E-state index is -0.427. The SMILES string of the molecule is CCOC(=O)N[C@@H]1CCCN(C(=O)Cc2ccc(N3CCCC3=O)cc2)C1. The predicted octanol–water partition coefficient (Wildman–Crippen LogP) is 2.09. The number of anilines is 1. The quantitative estimate of drug-likeness (QED) is 0.857. The number of hydrogen-bond donors (Lipinski definition) is 1. The number of benzene rings is 1. The molecule has 0 aliphatic carbocycles. The van der Waals surface area contributed by atoms with Gasteiger partial charge in [0, 0.05) is 37.8 Å². The maximum absolute atomic E-state index is 12.6. The largest absolute Gasteiger partial charge is 0.450 e. The van der Waals surface area contributed by atoms with E-state index in [1.807, 2.05) is 24.3 Å². The van der Waals surface area contributed by atoms with Crippen LogP contribution in [0.4, 0.5) is 10.5 Å². The summed E-state index contributed by atoms with van der Waals surface area (Å²) in [6.07, 6.45) is 3.11. The molecule has 0 radical (unpaired) electrons. The van der Waals surface area contributed by atoms with Gasteiger partial charge in [0.05, 0.1) is 13.0 Å². The first-order chi connectivity index (χ1) is 13.1. The Balaban J connectivity index is 1.53. The molecule has 2 aliphatic heterocycles. The molecule has 27 heavy (non-hydrogen) atoms. The summed E-state index contributed by atoms with van der Waals surface area (Å²) in [5.41, 5.74) is 1.82. The zero-order valence-electron chi connectivity index (χ0n) is 15.8. The summed E-state index contributed by atoms with van der Waals surface area (Å²) in [6, 6.07) is 7.58. The Morgan fingerprint density at radius 2 is 1.96 bits per heavy atom. The summed E-state index contributed by atoms with van der Waals surface area (Å²) in [5.74, 6) is 0.211. The topological polar surface area (TPSA) is 79.0 Å². The summed E-state index contributed by atoms with van der Waals surface area (Å²) in [7, 11) is 0. The Labute approximate surface area is 159 Å². The van der Waals surface area contributed by atoms with Crippen LogP contribution in [0.5, 0.6) is 0 Å². The molecule has 0 unspecified atom stereocenters. The number of alkyl carbamates (subject to hydrolysis) is 1. The second-order valence-corrected chi connectivity index (χ2v) is 7.04. The van der Waals surface area contributed by atoms with Crippen LogP contribution in [-0.4, -0.2) is 55.1 Å². The number of nitrogens with zero attached hydrogens (tertiary/aromatic N) is 2. The van der Waals surface area contributed by atoms with Crippen LogP contribution in [-0.2, 0) is 20.7 Å². The molecule has 1 atom stereocenters. The van der Waals surface area contributed by atoms with Crippen molar-refractivity contribution in [1.29, 1.82) is 0 Å². The van der Waals surface area contributed by atoms with E-state index in [0.717, 1.165) is 37.1 Å². The Hall–Kier alpha value is -2.57. The molecule has 2 aliphatic rings. The summed E-state index contributed by atoms with van der Waals surface area (Å²) in [4.78, 5) is 39.6. The molecule has 2 heterocycles. The summed E-state index contributed by atoms with van der Waals surface area (Å²) < 4.78 is 4.92. The highest BCUT2D eigenvalue weighted by Gasteiger charge is 2.25. The predicted molar refractivity (Wildman–Crippen MR) is 101 cm³/mol. The minimum absolute atomic E-state index is 0.0513. The smallest absolute Gasteiger partial charge is 0.407 e. The number of likely N-dealkylation sites (tertiary alicyclic amines) is 1. The van der Waals surface area contributed by atoms with E-state index < -0.39 is 6.09 Å². The highest BCUT2D eigenvalue weighted by Crippen LogP contribution is 2.22. The van der Waals surface area contributed by atoms with E-state index in [9.17, 15) is 14.4 Å². The van der Waals surface area contributed by atoms with E-state index in [4.69, 9.17) is 4.74 Å². The lowest BCUT2D eigenvalue weighted by molar-refractivity contribution is -0.131. The van der Waals surface area contributed by atoms with Crippen LogP contribution in [0.3, 0.4) is 0 Å². The van der Waals surface area contributed by atoms with Gasteiger partial charge in [0.1, 0.15) is 0 Å². The second-order valence-electron chi connectivity index (χ2n) is 7.04. The Morgan fingerprint density at radius 1 is 1.19 bits per heavy atom. The first-order valence-corrected chi connectivity index (χ1v) is 9.67. The summed E-state index contributed by atoms with van der Waals surface area (Å²) >= 11 is 0. The fraction of sp³-hybridized carbons (Fsp3) is 0.550. The van der Waals surface area contributed by atoms with Gasteiger partial charge in [-0.1, -0.05) is 12.1 Å². The molecular formula is C20H27N3O4. The second kappa shape index (κ2) is 8.88. The van der Waals surface area contributed by atoms with Crippen molar-refractivity contribution >= 4 is 23.6 Å². The molecule has 7 nitrogen and oxygen atoms in total. The van der Waals surface area contributed by atoms with Crippen molar-refractivity contribution < 1.29 is 19.1 Å². The van der Waals surface area contributed by atoms with Crippen molar-refractivity contribution in [1.82, 2.24) is 10.2 Å². The van der Waals surface area contributed by atoms with Gasteiger partial charge in [-0.3, -0.25) is 9.59 Å². The first kappa shape index (κ1) is 19.2. The Kier molecular flexibility index (Phi) is 6.32. The summed E-state index contributed by atoms with van der Waals surface area (Å²) in [5, 5.41) is 2.82. The van der Waals surface area contributed by atoms with Crippen LogP contribution in [0.25, 0.3) is 0 Å². The van der Waals surface area contributed by atoms with Gasteiger partial charge in [0.25, 0.3) is 0 Å². The van der Waals surface area contributed by atoms with Gasteiger partial charge in [-0.15, -0.1) is 0 Å². The third kappa shape index (κ3) is 4.99. The molecule has 3 rings (SSSR count). The fourth-order valence-corrected chi connectivity index (χ4v) is 3.66. The summed E-state index contributed by atoms with van der Waals surface area (Å²) in [6.45, 7) is 4.08. The highest BCUT2D eigenvalue weighted by atomic mass is 16.5. The van der Waals surface area contributed by atoms with E-state index in [1.54, 1.807) is 16.7 Å². The molecule has 7 heteroatoms. The molecule has 3 amide bonds. The van der Waals surface area contributed by atoms with Crippen LogP contribution >= 0.6 is 0 Å². The average molecular weight is 373 g/mol. The highest BCUT2D eigenvalue weighted by molar-refractivity contribution is 5.95. The van der Waals surface area contributed by atoms with Crippen LogP contribution in [0.1, 0.15) is 38.2 Å². The van der Waals surface area contributed by atoms with Gasteiger partial charge in [-0.25, -0.2) is 4.79 Å². The van der Waals surface area contributed by atoms with E-state index in [1.165, 1.54) is 0 Å². The molecule has 0 bridgehead atoms. The molecule has 2 saturated heterocycles. The lowest BCUT2D eigenvalue weighted by Crippen LogP contribution is -2.50. The zero-order valence-corrected chi connectivity index (χ0v) is 15.8. The Morgan fingerprint density at radius 3 is 2.63 bits per heavy atom. The van der Waals surface area contributed by atoms with Gasteiger partial charge in [-0.05, 0) is 43.9 Å². The third-order valence-corrected chi connectivity index (χ3v) is 5.05. The molecule has 0 aromatic heterocycles. The number of nitrogens with one attached hydrogen (secondary N) is 1. The van der Waals surface area contributed by atoms with E-state index in [2.05, 4.69) is 5.32 Å². The molecule has 0 saturated carbocycles. The van der Waals surface area contributed by atoms with Gasteiger partial charge in [0.2, 0.25) is 11.8 Å². The molecule has 2 fully saturated rings. The van der Waals surface area contributed by atoms with Crippen molar-refractivity contribution in [2.75, 3.05) is 31.1 Å². The van der Waals surface area contributed by atoms with Crippen molar-refractivity contribution in [2.24, 2.45) is 0 Å². The number of rotatable bonds is 5. The van der Waals surface area contributed by atoms with Crippen molar-refractivity contribution in [3.05, 3.63) is 29.8 Å². The molecule has 0 spiro atoms. The Bertz CT molecular complexity index is 689. The van der Waals surface area contributed by atoms with Crippen LogP contribution < -0.4 is 10.2 Å². The minimum Gasteiger partial charge on any atom is -0.450 e. The number of carbonyl (C=O) groups excluding carboxylic acids is 3. The first-order valence-electron chi connectivity index (χ1n) is 9.67.